The Morgan fingerprint density at radius 2 is 2.17 bits per heavy atom. The van der Waals surface area contributed by atoms with Crippen molar-refractivity contribution in [1.29, 1.82) is 0 Å². The standard InChI is InChI=1S/C17H26N4OS/c1-12(11-21-14(3)9-13(2)19-21)10-18-17(22)20(5)15(4)16-7-6-8-23-16/h6-9,12,15H,10-11H2,1-5H3,(H,18,22)/t12-,15+/m1/s1. The smallest absolute Gasteiger partial charge is 0.317 e. The molecular weight excluding hydrogens is 308 g/mol. The summed E-state index contributed by atoms with van der Waals surface area (Å²) in [6, 6.07) is 6.19. The highest BCUT2D eigenvalue weighted by Gasteiger charge is 2.18. The van der Waals surface area contributed by atoms with Gasteiger partial charge in [0.15, 0.2) is 0 Å². The lowest BCUT2D eigenvalue weighted by atomic mass is 10.2. The molecule has 2 aromatic heterocycles. The second-order valence-electron chi connectivity index (χ2n) is 6.20. The van der Waals surface area contributed by atoms with E-state index >= 15 is 0 Å². The van der Waals surface area contributed by atoms with Crippen LogP contribution in [0.4, 0.5) is 4.79 Å². The Morgan fingerprint density at radius 1 is 1.43 bits per heavy atom. The molecule has 0 radical (unpaired) electrons. The minimum absolute atomic E-state index is 0.0360. The summed E-state index contributed by atoms with van der Waals surface area (Å²) < 4.78 is 2.00. The maximum absolute atomic E-state index is 12.3. The zero-order valence-corrected chi connectivity index (χ0v) is 15.4. The number of carbonyl (C=O) groups excluding carboxylic acids is 1. The molecule has 0 saturated heterocycles. The molecule has 2 atom stereocenters. The van der Waals surface area contributed by atoms with Crippen LogP contribution in [0.1, 0.15) is 36.2 Å². The molecule has 0 aliphatic rings. The average molecular weight is 334 g/mol. The Bertz CT molecular complexity index is 635. The molecule has 0 spiro atoms. The van der Waals surface area contributed by atoms with Gasteiger partial charge in [0, 0.05) is 30.7 Å². The summed E-state index contributed by atoms with van der Waals surface area (Å²) in [6.07, 6.45) is 0. The Labute approximate surface area is 142 Å². The first-order valence-electron chi connectivity index (χ1n) is 7.93. The van der Waals surface area contributed by atoms with Crippen LogP contribution in [0, 0.1) is 19.8 Å². The number of nitrogens with zero attached hydrogens (tertiary/aromatic N) is 3. The van der Waals surface area contributed by atoms with E-state index in [-0.39, 0.29) is 12.1 Å². The first-order chi connectivity index (χ1) is 10.9. The van der Waals surface area contributed by atoms with E-state index in [0.717, 1.165) is 17.9 Å². The van der Waals surface area contributed by atoms with Crippen molar-refractivity contribution in [3.05, 3.63) is 39.8 Å². The van der Waals surface area contributed by atoms with Gasteiger partial charge in [0.1, 0.15) is 0 Å². The van der Waals surface area contributed by atoms with Crippen LogP contribution in [0.15, 0.2) is 23.6 Å². The molecule has 0 fully saturated rings. The third-order valence-electron chi connectivity index (χ3n) is 4.05. The molecule has 0 bridgehead atoms. The van der Waals surface area contributed by atoms with Crippen LogP contribution in [0.3, 0.4) is 0 Å². The normalized spacial score (nSPS) is 13.6. The summed E-state index contributed by atoms with van der Waals surface area (Å²) in [7, 11) is 1.84. The molecule has 0 aromatic carbocycles. The van der Waals surface area contributed by atoms with Crippen molar-refractivity contribution >= 4 is 17.4 Å². The quantitative estimate of drug-likeness (QED) is 0.877. The van der Waals surface area contributed by atoms with E-state index in [1.54, 1.807) is 16.2 Å². The summed E-state index contributed by atoms with van der Waals surface area (Å²) in [4.78, 5) is 15.2. The van der Waals surface area contributed by atoms with Gasteiger partial charge in [0.25, 0.3) is 0 Å². The summed E-state index contributed by atoms with van der Waals surface area (Å²) >= 11 is 1.67. The Kier molecular flexibility index (Phi) is 5.82. The lowest BCUT2D eigenvalue weighted by Crippen LogP contribution is -2.40. The number of amides is 2. The largest absolute Gasteiger partial charge is 0.338 e. The third kappa shape index (κ3) is 4.58. The van der Waals surface area contributed by atoms with Crippen LogP contribution >= 0.6 is 11.3 Å². The summed E-state index contributed by atoms with van der Waals surface area (Å²) in [5, 5.41) is 9.53. The van der Waals surface area contributed by atoms with Gasteiger partial charge in [-0.1, -0.05) is 13.0 Å². The predicted molar refractivity (Wildman–Crippen MR) is 94.8 cm³/mol. The molecule has 0 aliphatic carbocycles. The van der Waals surface area contributed by atoms with E-state index in [0.29, 0.717) is 12.5 Å². The highest BCUT2D eigenvalue weighted by molar-refractivity contribution is 7.10. The monoisotopic (exact) mass is 334 g/mol. The van der Waals surface area contributed by atoms with Crippen molar-refractivity contribution in [2.75, 3.05) is 13.6 Å². The molecule has 6 heteroatoms. The van der Waals surface area contributed by atoms with E-state index < -0.39 is 0 Å². The maximum atomic E-state index is 12.3. The fraction of sp³-hybridized carbons (Fsp3) is 0.529. The Balaban J connectivity index is 1.82. The topological polar surface area (TPSA) is 50.2 Å². The Morgan fingerprint density at radius 3 is 2.74 bits per heavy atom. The Hall–Kier alpha value is -1.82. The maximum Gasteiger partial charge on any atom is 0.317 e. The van der Waals surface area contributed by atoms with Crippen LogP contribution in [-0.4, -0.2) is 34.3 Å². The van der Waals surface area contributed by atoms with Gasteiger partial charge in [-0.05, 0) is 44.2 Å². The molecule has 5 nitrogen and oxygen atoms in total. The van der Waals surface area contributed by atoms with Gasteiger partial charge < -0.3 is 10.2 Å². The van der Waals surface area contributed by atoms with Crippen molar-refractivity contribution < 1.29 is 4.79 Å². The zero-order chi connectivity index (χ0) is 17.0. The van der Waals surface area contributed by atoms with Gasteiger partial charge in [0.05, 0.1) is 11.7 Å². The summed E-state index contributed by atoms with van der Waals surface area (Å²) in [5.74, 6) is 0.322. The van der Waals surface area contributed by atoms with E-state index in [2.05, 4.69) is 36.4 Å². The van der Waals surface area contributed by atoms with Gasteiger partial charge in [-0.3, -0.25) is 4.68 Å². The van der Waals surface area contributed by atoms with Crippen molar-refractivity contribution in [3.8, 4) is 0 Å². The van der Waals surface area contributed by atoms with E-state index in [1.165, 1.54) is 4.88 Å². The molecule has 0 aliphatic heterocycles. The van der Waals surface area contributed by atoms with Gasteiger partial charge in [-0.15, -0.1) is 11.3 Å². The highest BCUT2D eigenvalue weighted by Crippen LogP contribution is 2.23. The molecule has 2 aromatic rings. The number of rotatable bonds is 6. The second-order valence-corrected chi connectivity index (χ2v) is 7.18. The van der Waals surface area contributed by atoms with E-state index in [4.69, 9.17) is 0 Å². The lowest BCUT2D eigenvalue weighted by Gasteiger charge is -2.25. The summed E-state index contributed by atoms with van der Waals surface area (Å²) in [5.41, 5.74) is 2.19. The molecule has 0 unspecified atom stereocenters. The van der Waals surface area contributed by atoms with Crippen LogP contribution < -0.4 is 5.32 Å². The number of thiophene rings is 1. The van der Waals surface area contributed by atoms with Gasteiger partial charge in [-0.2, -0.15) is 5.10 Å². The van der Waals surface area contributed by atoms with Crippen molar-refractivity contribution in [2.24, 2.45) is 5.92 Å². The fourth-order valence-corrected chi connectivity index (χ4v) is 3.33. The van der Waals surface area contributed by atoms with Crippen molar-refractivity contribution in [3.63, 3.8) is 0 Å². The molecule has 0 saturated carbocycles. The number of nitrogens with one attached hydrogen (secondary N) is 1. The number of carbonyl (C=O) groups is 1. The first kappa shape index (κ1) is 17.5. The van der Waals surface area contributed by atoms with E-state index in [1.807, 2.05) is 37.0 Å². The van der Waals surface area contributed by atoms with E-state index in [9.17, 15) is 4.79 Å². The highest BCUT2D eigenvalue weighted by atomic mass is 32.1. The molecule has 1 N–H and O–H groups in total. The first-order valence-corrected chi connectivity index (χ1v) is 8.81. The third-order valence-corrected chi connectivity index (χ3v) is 5.09. The van der Waals surface area contributed by atoms with Gasteiger partial charge in [-0.25, -0.2) is 4.79 Å². The van der Waals surface area contributed by atoms with Crippen LogP contribution in [0.5, 0.6) is 0 Å². The average Bonchev–Trinajstić information content (AvgIpc) is 3.13. The number of hydrogen-bond acceptors (Lipinski definition) is 3. The lowest BCUT2D eigenvalue weighted by molar-refractivity contribution is 0.193. The van der Waals surface area contributed by atoms with Crippen LogP contribution in [-0.2, 0) is 6.54 Å². The summed E-state index contributed by atoms with van der Waals surface area (Å²) in [6.45, 7) is 9.67. The molecular formula is C17H26N4OS. The SMILES string of the molecule is Cc1cc(C)n(C[C@H](C)CNC(=O)N(C)[C@@H](C)c2cccs2)n1. The van der Waals surface area contributed by atoms with Crippen molar-refractivity contribution in [2.45, 2.75) is 40.3 Å². The minimum atomic E-state index is -0.0360. The molecule has 126 valence electrons. The number of aromatic nitrogens is 2. The number of aryl methyl sites for hydroxylation is 2. The number of urea groups is 1. The molecule has 2 amide bonds. The van der Waals surface area contributed by atoms with Gasteiger partial charge >= 0.3 is 6.03 Å². The molecule has 23 heavy (non-hydrogen) atoms. The minimum Gasteiger partial charge on any atom is -0.338 e. The van der Waals surface area contributed by atoms with Crippen molar-refractivity contribution in [1.82, 2.24) is 20.0 Å². The molecule has 2 heterocycles. The zero-order valence-electron chi connectivity index (χ0n) is 14.5. The fourth-order valence-electron chi connectivity index (χ4n) is 2.50. The molecule has 2 rings (SSSR count). The van der Waals surface area contributed by atoms with Crippen LogP contribution in [0.2, 0.25) is 0 Å². The van der Waals surface area contributed by atoms with Crippen LogP contribution in [0.25, 0.3) is 0 Å². The second kappa shape index (κ2) is 7.64. The predicted octanol–water partition coefficient (Wildman–Crippen LogP) is 3.60. The van der Waals surface area contributed by atoms with Gasteiger partial charge in [0.2, 0.25) is 0 Å². The number of hydrogen-bond donors (Lipinski definition) is 1.